The Bertz CT molecular complexity index is 591. The molecule has 1 atom stereocenters. The number of piperidine rings is 1. The van der Waals surface area contributed by atoms with Gasteiger partial charge in [0.2, 0.25) is 5.91 Å². The zero-order chi connectivity index (χ0) is 18.6. The van der Waals surface area contributed by atoms with E-state index in [0.717, 1.165) is 39.3 Å². The Kier molecular flexibility index (Phi) is 10.3. The first-order valence-corrected chi connectivity index (χ1v) is 10.2. The van der Waals surface area contributed by atoms with E-state index >= 15 is 0 Å². The lowest BCUT2D eigenvalue weighted by Crippen LogP contribution is -2.60. The molecule has 1 unspecified atom stereocenters. The zero-order valence-electron chi connectivity index (χ0n) is 17.5. The van der Waals surface area contributed by atoms with Crippen LogP contribution in [0, 0.1) is 11.8 Å². The van der Waals surface area contributed by atoms with Crippen molar-refractivity contribution in [3.63, 3.8) is 0 Å². The van der Waals surface area contributed by atoms with Crippen LogP contribution in [0.25, 0.3) is 0 Å². The molecule has 4 nitrogen and oxygen atoms in total. The number of nitrogens with one attached hydrogen (secondary N) is 1. The molecule has 6 heteroatoms. The third-order valence-electron chi connectivity index (χ3n) is 6.33. The maximum absolute atomic E-state index is 12.9. The first-order valence-electron chi connectivity index (χ1n) is 10.2. The van der Waals surface area contributed by atoms with Gasteiger partial charge in [-0.25, -0.2) is 0 Å². The van der Waals surface area contributed by atoms with E-state index in [1.54, 1.807) is 0 Å². The summed E-state index contributed by atoms with van der Waals surface area (Å²) in [6, 6.07) is 10.6. The van der Waals surface area contributed by atoms with E-state index in [4.69, 9.17) is 0 Å². The monoisotopic (exact) mass is 429 g/mol. The summed E-state index contributed by atoms with van der Waals surface area (Å²) >= 11 is 0. The Labute approximate surface area is 183 Å². The molecule has 1 aromatic carbocycles. The van der Waals surface area contributed by atoms with E-state index < -0.39 is 0 Å². The van der Waals surface area contributed by atoms with E-state index in [9.17, 15) is 4.79 Å². The van der Waals surface area contributed by atoms with Crippen molar-refractivity contribution in [3.8, 4) is 0 Å². The van der Waals surface area contributed by atoms with Crippen molar-refractivity contribution in [2.45, 2.75) is 52.1 Å². The Morgan fingerprint density at radius 1 is 1.14 bits per heavy atom. The van der Waals surface area contributed by atoms with Crippen molar-refractivity contribution >= 4 is 30.7 Å². The zero-order valence-corrected chi connectivity index (χ0v) is 19.2. The molecule has 0 aromatic heterocycles. The Balaban J connectivity index is 0.00000196. The minimum atomic E-state index is 0. The number of benzene rings is 1. The van der Waals surface area contributed by atoms with Gasteiger partial charge in [0.25, 0.3) is 0 Å². The molecule has 3 rings (SSSR count). The first-order chi connectivity index (χ1) is 12.5. The highest BCUT2D eigenvalue weighted by Gasteiger charge is 2.36. The second kappa shape index (κ2) is 11.4. The molecule has 0 bridgehead atoms. The highest BCUT2D eigenvalue weighted by Crippen LogP contribution is 2.27. The fourth-order valence-corrected chi connectivity index (χ4v) is 4.48. The molecule has 2 aliphatic heterocycles. The largest absolute Gasteiger partial charge is 0.340 e. The topological polar surface area (TPSA) is 35.6 Å². The second-order valence-electron chi connectivity index (χ2n) is 8.80. The average Bonchev–Trinajstić information content (AvgIpc) is 2.64. The van der Waals surface area contributed by atoms with E-state index in [1.807, 2.05) is 0 Å². The van der Waals surface area contributed by atoms with Crippen LogP contribution in [-0.2, 0) is 11.3 Å². The fourth-order valence-electron chi connectivity index (χ4n) is 4.48. The van der Waals surface area contributed by atoms with Gasteiger partial charge in [-0.1, -0.05) is 37.3 Å². The number of piperazine rings is 1. The first kappa shape index (κ1) is 25.2. The maximum Gasteiger partial charge on any atom is 0.222 e. The van der Waals surface area contributed by atoms with Crippen LogP contribution in [0.1, 0.15) is 45.6 Å². The third-order valence-corrected chi connectivity index (χ3v) is 6.33. The molecule has 1 aromatic rings. The normalized spacial score (nSPS) is 21.3. The Hall–Kier alpha value is -0.810. The summed E-state index contributed by atoms with van der Waals surface area (Å²) in [6.07, 6.45) is 3.13. The van der Waals surface area contributed by atoms with E-state index in [0.29, 0.717) is 24.2 Å². The summed E-state index contributed by atoms with van der Waals surface area (Å²) < 4.78 is 0. The molecule has 0 radical (unpaired) electrons. The molecule has 2 saturated heterocycles. The predicted molar refractivity (Wildman–Crippen MR) is 121 cm³/mol. The van der Waals surface area contributed by atoms with Gasteiger partial charge in [-0.3, -0.25) is 9.69 Å². The van der Waals surface area contributed by atoms with Crippen molar-refractivity contribution in [2.75, 3.05) is 32.7 Å². The lowest BCUT2D eigenvalue weighted by molar-refractivity contribution is -0.137. The van der Waals surface area contributed by atoms with Crippen LogP contribution in [0.15, 0.2) is 30.3 Å². The summed E-state index contributed by atoms with van der Waals surface area (Å²) in [7, 11) is 0. The van der Waals surface area contributed by atoms with Gasteiger partial charge >= 0.3 is 0 Å². The lowest BCUT2D eigenvalue weighted by atomic mass is 9.83. The van der Waals surface area contributed by atoms with Crippen molar-refractivity contribution < 1.29 is 4.79 Å². The number of amides is 1. The number of halogens is 2. The predicted octanol–water partition coefficient (Wildman–Crippen LogP) is 3.98. The van der Waals surface area contributed by atoms with Gasteiger partial charge in [-0.15, -0.1) is 24.8 Å². The highest BCUT2D eigenvalue weighted by molar-refractivity contribution is 5.85. The summed E-state index contributed by atoms with van der Waals surface area (Å²) in [4.78, 5) is 17.5. The number of rotatable bonds is 5. The van der Waals surface area contributed by atoms with Crippen LogP contribution in [0.3, 0.4) is 0 Å². The molecule has 1 N–H and O–H groups in total. The highest BCUT2D eigenvalue weighted by atomic mass is 35.5. The van der Waals surface area contributed by atoms with Crippen molar-refractivity contribution in [2.24, 2.45) is 11.8 Å². The molecule has 28 heavy (non-hydrogen) atoms. The molecule has 0 saturated carbocycles. The third kappa shape index (κ3) is 6.62. The summed E-state index contributed by atoms with van der Waals surface area (Å²) in [5, 5.41) is 3.42. The molecular weight excluding hydrogens is 393 g/mol. The standard InChI is InChI=1S/C22H35N3O.2ClH/c1-18(20-9-11-23-12-10-20)15-21(26)24-13-14-25(22(2,3)17-24)16-19-7-5-4-6-8-19;;/h4-8,18,20,23H,9-17H2,1-3H3;2*1H. The Morgan fingerprint density at radius 2 is 1.79 bits per heavy atom. The van der Waals surface area contributed by atoms with Crippen molar-refractivity contribution in [3.05, 3.63) is 35.9 Å². The summed E-state index contributed by atoms with van der Waals surface area (Å²) in [5.74, 6) is 1.55. The second-order valence-corrected chi connectivity index (χ2v) is 8.80. The van der Waals surface area contributed by atoms with Crippen LogP contribution >= 0.6 is 24.8 Å². The quantitative estimate of drug-likeness (QED) is 0.768. The molecule has 160 valence electrons. The SMILES string of the molecule is CC(CC(=O)N1CCN(Cc2ccccc2)C(C)(C)C1)C1CCNCC1.Cl.Cl. The van der Waals surface area contributed by atoms with E-state index in [-0.39, 0.29) is 30.4 Å². The van der Waals surface area contributed by atoms with Crippen LogP contribution in [-0.4, -0.2) is 54.0 Å². The van der Waals surface area contributed by atoms with Gasteiger partial charge < -0.3 is 10.2 Å². The minimum absolute atomic E-state index is 0. The van der Waals surface area contributed by atoms with Crippen molar-refractivity contribution in [1.82, 2.24) is 15.1 Å². The molecule has 2 heterocycles. The molecule has 2 fully saturated rings. The van der Waals surface area contributed by atoms with Gasteiger partial charge in [0, 0.05) is 38.1 Å². The van der Waals surface area contributed by atoms with Crippen LogP contribution < -0.4 is 5.32 Å². The minimum Gasteiger partial charge on any atom is -0.340 e. The van der Waals surface area contributed by atoms with Gasteiger partial charge in [0.15, 0.2) is 0 Å². The lowest BCUT2D eigenvalue weighted by Gasteiger charge is -2.47. The Morgan fingerprint density at radius 3 is 2.39 bits per heavy atom. The summed E-state index contributed by atoms with van der Waals surface area (Å²) in [5.41, 5.74) is 1.36. The van der Waals surface area contributed by atoms with E-state index in [1.165, 1.54) is 18.4 Å². The van der Waals surface area contributed by atoms with Gasteiger partial charge in [-0.05, 0) is 57.2 Å². The van der Waals surface area contributed by atoms with Gasteiger partial charge in [0.1, 0.15) is 0 Å². The average molecular weight is 430 g/mol. The molecule has 0 spiro atoms. The fraction of sp³-hybridized carbons (Fsp3) is 0.682. The van der Waals surface area contributed by atoms with Crippen LogP contribution in [0.5, 0.6) is 0 Å². The molecule has 0 aliphatic carbocycles. The van der Waals surface area contributed by atoms with Crippen LogP contribution in [0.2, 0.25) is 0 Å². The smallest absolute Gasteiger partial charge is 0.222 e. The molecular formula is C22H37Cl2N3O. The number of nitrogens with zero attached hydrogens (tertiary/aromatic N) is 2. The van der Waals surface area contributed by atoms with E-state index in [2.05, 4.69) is 66.2 Å². The molecule has 1 amide bonds. The van der Waals surface area contributed by atoms with Crippen molar-refractivity contribution in [1.29, 1.82) is 0 Å². The van der Waals surface area contributed by atoms with Crippen LogP contribution in [0.4, 0.5) is 0 Å². The number of hydrogen-bond donors (Lipinski definition) is 1. The number of carbonyl (C=O) groups is 1. The van der Waals surface area contributed by atoms with Gasteiger partial charge in [0.05, 0.1) is 0 Å². The number of hydrogen-bond acceptors (Lipinski definition) is 3. The molecule has 2 aliphatic rings. The summed E-state index contributed by atoms with van der Waals surface area (Å²) in [6.45, 7) is 12.6. The maximum atomic E-state index is 12.9. The van der Waals surface area contributed by atoms with Gasteiger partial charge in [-0.2, -0.15) is 0 Å². The number of carbonyl (C=O) groups excluding carboxylic acids is 1.